The highest BCUT2D eigenvalue weighted by Crippen LogP contribution is 2.26. The lowest BCUT2D eigenvalue weighted by molar-refractivity contribution is 0.0702. The van der Waals surface area contributed by atoms with Gasteiger partial charge in [-0.15, -0.1) is 15.6 Å². The van der Waals surface area contributed by atoms with Crippen LogP contribution in [0.4, 0.5) is 5.82 Å². The average molecular weight is 288 g/mol. The van der Waals surface area contributed by atoms with E-state index in [0.717, 1.165) is 16.4 Å². The van der Waals surface area contributed by atoms with Crippen LogP contribution in [0.3, 0.4) is 0 Å². The second-order valence-corrected chi connectivity index (χ2v) is 4.97. The van der Waals surface area contributed by atoms with Gasteiger partial charge in [0.05, 0.1) is 10.2 Å². The summed E-state index contributed by atoms with van der Waals surface area (Å²) in [4.78, 5) is 15.1. The maximum absolute atomic E-state index is 10.8. The molecule has 0 unspecified atom stereocenters. The molecule has 0 saturated carbocycles. The summed E-state index contributed by atoms with van der Waals surface area (Å²) in [5.74, 6) is -0.747. The summed E-state index contributed by atoms with van der Waals surface area (Å²) in [6.07, 6.45) is 0. The van der Waals surface area contributed by atoms with Crippen molar-refractivity contribution in [2.24, 2.45) is 0 Å². The number of thiol groups is 1. The minimum Gasteiger partial charge on any atom is -0.477 e. The van der Waals surface area contributed by atoms with E-state index in [1.165, 1.54) is 13.1 Å². The van der Waals surface area contributed by atoms with Crippen molar-refractivity contribution in [3.63, 3.8) is 0 Å². The van der Waals surface area contributed by atoms with E-state index >= 15 is 0 Å². The molecule has 0 aliphatic rings. The van der Waals surface area contributed by atoms with Crippen LogP contribution in [0.1, 0.15) is 9.67 Å². The zero-order valence-corrected chi connectivity index (χ0v) is 10.8. The van der Waals surface area contributed by atoms with Crippen LogP contribution in [0.2, 0.25) is 0 Å². The number of nitrogens with zero attached hydrogens (tertiary/aromatic N) is 2. The molecule has 2 heterocycles. The number of fused-ring (bicyclic) bond motifs is 1. The van der Waals surface area contributed by atoms with E-state index in [1.807, 2.05) is 0 Å². The monoisotopic (exact) mass is 288 g/mol. The molecule has 18 heavy (non-hydrogen) atoms. The minimum absolute atomic E-state index is 0.174. The van der Waals surface area contributed by atoms with Crippen LogP contribution < -0.4 is 5.06 Å². The van der Waals surface area contributed by atoms with Crippen molar-refractivity contribution in [1.82, 2.24) is 4.98 Å². The van der Waals surface area contributed by atoms with Crippen molar-refractivity contribution in [2.45, 2.75) is 0 Å². The molecule has 2 aromatic rings. The Morgan fingerprint density at radius 3 is 2.83 bits per heavy atom. The van der Waals surface area contributed by atoms with Crippen molar-refractivity contribution in [3.8, 4) is 0 Å². The van der Waals surface area contributed by atoms with Gasteiger partial charge in [0.2, 0.25) is 0 Å². The number of aromatic carboxylic acids is 1. The Balaban J connectivity index is 2.40. The molecule has 0 atom stereocenters. The Bertz CT molecular complexity index is 671. The molecule has 0 aromatic carbocycles. The lowest BCUT2D eigenvalue weighted by Crippen LogP contribution is -2.17. The number of carboxylic acids is 1. The van der Waals surface area contributed by atoms with Gasteiger partial charge in [-0.3, -0.25) is 0 Å². The minimum atomic E-state index is -3.02. The molecule has 7 nitrogen and oxygen atoms in total. The molecule has 0 saturated heterocycles. The number of rotatable bonds is 4. The number of anilines is 1. The Morgan fingerprint density at radius 2 is 2.22 bits per heavy atom. The fourth-order valence-corrected chi connectivity index (χ4v) is 2.46. The summed E-state index contributed by atoms with van der Waals surface area (Å²) in [6, 6.07) is 4.63. The van der Waals surface area contributed by atoms with E-state index in [-0.39, 0.29) is 10.7 Å². The molecule has 0 aliphatic carbocycles. The molecule has 1 N–H and O–H groups in total. The van der Waals surface area contributed by atoms with Gasteiger partial charge in [-0.05, 0) is 18.2 Å². The third-order valence-corrected chi connectivity index (χ3v) is 3.54. The summed E-state index contributed by atoms with van der Waals surface area (Å²) in [5, 5.41) is 9.84. The molecule has 0 amide bonds. The SMILES string of the molecule is CN(O[SH](=O)=O)c1ccc2sc(C(=O)O)cc2n1. The Kier molecular flexibility index (Phi) is 3.45. The zero-order valence-electron chi connectivity index (χ0n) is 9.06. The smallest absolute Gasteiger partial charge is 0.345 e. The summed E-state index contributed by atoms with van der Waals surface area (Å²) >= 11 is 1.10. The van der Waals surface area contributed by atoms with E-state index in [0.29, 0.717) is 10.2 Å². The molecule has 0 bridgehead atoms. The second-order valence-electron chi connectivity index (χ2n) is 3.27. The first kappa shape index (κ1) is 12.7. The van der Waals surface area contributed by atoms with Gasteiger partial charge in [0.1, 0.15) is 4.88 Å². The number of pyridine rings is 1. The van der Waals surface area contributed by atoms with E-state index < -0.39 is 17.0 Å². The van der Waals surface area contributed by atoms with Gasteiger partial charge in [0.25, 0.3) is 11.0 Å². The molecule has 0 spiro atoms. The predicted octanol–water partition coefficient (Wildman–Crippen LogP) is 0.889. The number of hydrogen-bond donors (Lipinski definition) is 2. The number of carbonyl (C=O) groups is 1. The van der Waals surface area contributed by atoms with Crippen LogP contribution in [-0.2, 0) is 15.3 Å². The molecular weight excluding hydrogens is 280 g/mol. The van der Waals surface area contributed by atoms with Crippen molar-refractivity contribution in [1.29, 1.82) is 0 Å². The fourth-order valence-electron chi connectivity index (χ4n) is 1.34. The first-order valence-corrected chi connectivity index (χ1v) is 6.58. The Hall–Kier alpha value is -1.71. The normalized spacial score (nSPS) is 11.0. The van der Waals surface area contributed by atoms with Gasteiger partial charge in [0, 0.05) is 7.05 Å². The first-order valence-electron chi connectivity index (χ1n) is 4.67. The van der Waals surface area contributed by atoms with Gasteiger partial charge >= 0.3 is 5.97 Å². The third-order valence-electron chi connectivity index (χ3n) is 2.08. The van der Waals surface area contributed by atoms with E-state index in [1.54, 1.807) is 12.1 Å². The molecular formula is C9H8N2O5S2. The Labute approximate surface area is 107 Å². The largest absolute Gasteiger partial charge is 0.477 e. The van der Waals surface area contributed by atoms with Crippen LogP contribution in [0.15, 0.2) is 18.2 Å². The van der Waals surface area contributed by atoms with Crippen LogP contribution in [-0.4, -0.2) is 31.5 Å². The maximum atomic E-state index is 10.8. The number of thiophene rings is 1. The van der Waals surface area contributed by atoms with E-state index in [4.69, 9.17) is 5.11 Å². The highest BCUT2D eigenvalue weighted by Gasteiger charge is 2.11. The van der Waals surface area contributed by atoms with E-state index in [9.17, 15) is 13.2 Å². The van der Waals surface area contributed by atoms with Gasteiger partial charge in [-0.1, -0.05) is 0 Å². The molecule has 2 aromatic heterocycles. The van der Waals surface area contributed by atoms with Crippen molar-refractivity contribution < 1.29 is 22.6 Å². The predicted molar refractivity (Wildman–Crippen MR) is 66.4 cm³/mol. The zero-order chi connectivity index (χ0) is 13.3. The maximum Gasteiger partial charge on any atom is 0.345 e. The first-order chi connectivity index (χ1) is 8.47. The lowest BCUT2D eigenvalue weighted by Gasteiger charge is -2.12. The van der Waals surface area contributed by atoms with Crippen molar-refractivity contribution in [3.05, 3.63) is 23.1 Å². The molecule has 0 fully saturated rings. The van der Waals surface area contributed by atoms with Crippen molar-refractivity contribution in [2.75, 3.05) is 12.1 Å². The average Bonchev–Trinajstić information content (AvgIpc) is 2.70. The topological polar surface area (TPSA) is 96.8 Å². The van der Waals surface area contributed by atoms with Crippen molar-refractivity contribution >= 4 is 44.3 Å². The summed E-state index contributed by atoms with van der Waals surface area (Å²) in [5.41, 5.74) is 0.478. The van der Waals surface area contributed by atoms with Crippen LogP contribution in [0.5, 0.6) is 0 Å². The number of carboxylic acid groups (broad SMARTS) is 1. The standard InChI is InChI=1S/C9H8N2O5S2/c1-11(16-18(14)15)8-3-2-6-5(10-8)4-7(17-6)9(12)13/h2-4,18H,1H3,(H,12,13). The lowest BCUT2D eigenvalue weighted by atomic mass is 10.3. The molecule has 96 valence electrons. The van der Waals surface area contributed by atoms with E-state index in [2.05, 4.69) is 9.27 Å². The van der Waals surface area contributed by atoms with Crippen LogP contribution in [0.25, 0.3) is 10.2 Å². The highest BCUT2D eigenvalue weighted by molar-refractivity contribution is 7.67. The third kappa shape index (κ3) is 2.58. The van der Waals surface area contributed by atoms with Gasteiger partial charge in [-0.2, -0.15) is 0 Å². The number of hydrogen-bond acceptors (Lipinski definition) is 7. The molecule has 0 radical (unpaired) electrons. The van der Waals surface area contributed by atoms with Gasteiger partial charge in [0.15, 0.2) is 5.82 Å². The molecule has 9 heteroatoms. The van der Waals surface area contributed by atoms with Gasteiger partial charge in [-0.25, -0.2) is 23.3 Å². The molecule has 0 aliphatic heterocycles. The fraction of sp³-hybridized carbons (Fsp3) is 0.111. The van der Waals surface area contributed by atoms with Crippen LogP contribution in [0, 0.1) is 0 Å². The Morgan fingerprint density at radius 1 is 1.50 bits per heavy atom. The molecule has 2 rings (SSSR count). The summed E-state index contributed by atoms with van der Waals surface area (Å²) < 4.78 is 26.0. The summed E-state index contributed by atoms with van der Waals surface area (Å²) in [7, 11) is -1.62. The second kappa shape index (κ2) is 4.88. The quantitative estimate of drug-likeness (QED) is 0.637. The highest BCUT2D eigenvalue weighted by atomic mass is 32.2. The number of aromatic nitrogens is 1. The van der Waals surface area contributed by atoms with Gasteiger partial charge < -0.3 is 5.11 Å². The van der Waals surface area contributed by atoms with Crippen LogP contribution >= 0.6 is 11.3 Å². The number of hydroxylamine groups is 1. The summed E-state index contributed by atoms with van der Waals surface area (Å²) in [6.45, 7) is 0.